The van der Waals surface area contributed by atoms with Crippen molar-refractivity contribution in [2.24, 2.45) is 0 Å². The molecule has 0 amide bonds. The molecule has 0 aromatic heterocycles. The van der Waals surface area contributed by atoms with Gasteiger partial charge in [0.15, 0.2) is 0 Å². The molecule has 0 aromatic rings. The minimum atomic E-state index is -3.67. The molecule has 3 nitrogen and oxygen atoms in total. The summed E-state index contributed by atoms with van der Waals surface area (Å²) in [6.45, 7) is 8.00. The van der Waals surface area contributed by atoms with Crippen LogP contribution in [0.15, 0.2) is 0 Å². The van der Waals surface area contributed by atoms with Crippen molar-refractivity contribution in [1.29, 1.82) is 0 Å². The molecule has 1 N–H and O–H groups in total. The molecule has 0 heterocycles. The lowest BCUT2D eigenvalue weighted by Gasteiger charge is -1.69. The van der Waals surface area contributed by atoms with Gasteiger partial charge in [0.05, 0.1) is 6.26 Å². The molecule has 0 bridgehead atoms. The molecule has 0 radical (unpaired) electrons. The smallest absolute Gasteiger partial charge is 0.261 e. The Morgan fingerprint density at radius 2 is 1.10 bits per heavy atom. The van der Waals surface area contributed by atoms with Gasteiger partial charge in [0.2, 0.25) is 0 Å². The monoisotopic (exact) mass is 192 g/mol. The van der Waals surface area contributed by atoms with E-state index in [9.17, 15) is 8.42 Å². The van der Waals surface area contributed by atoms with Gasteiger partial charge in [-0.15, -0.1) is 0 Å². The third kappa shape index (κ3) is 3890. The van der Waals surface area contributed by atoms with Crippen LogP contribution in [0.4, 0.5) is 0 Å². The van der Waals surface area contributed by atoms with Crippen molar-refractivity contribution in [3.63, 3.8) is 0 Å². The fourth-order valence-corrected chi connectivity index (χ4v) is 0. The quantitative estimate of drug-likeness (QED) is 0.471. The lowest BCUT2D eigenvalue weighted by Crippen LogP contribution is -1.88. The number of hydrogen-bond donors (Lipinski definition) is 1. The lowest BCUT2D eigenvalue weighted by atomic mass is 11.0. The van der Waals surface area contributed by atoms with Crippen molar-refractivity contribution < 1.29 is 14.4 Å². The summed E-state index contributed by atoms with van der Waals surface area (Å²) in [5, 5.41) is 0. The van der Waals surface area contributed by atoms with Gasteiger partial charge in [-0.2, -0.15) is 18.3 Å². The van der Waals surface area contributed by atoms with Gasteiger partial charge in [0.1, 0.15) is 0 Å². The maximum atomic E-state index is 9.19. The highest BCUT2D eigenvalue weighted by Gasteiger charge is 1.81. The SMILES string of the molecule is CC.CC.CS(=O)(=O)O.P.[HH]. The number of rotatable bonds is 0. The third-order valence-corrected chi connectivity index (χ3v) is 0. The van der Waals surface area contributed by atoms with Gasteiger partial charge >= 0.3 is 0 Å². The van der Waals surface area contributed by atoms with Crippen LogP contribution < -0.4 is 0 Å². The van der Waals surface area contributed by atoms with Crippen molar-refractivity contribution in [2.75, 3.05) is 6.26 Å². The molecule has 0 aliphatic carbocycles. The summed E-state index contributed by atoms with van der Waals surface area (Å²) in [7, 11) is -3.67. The van der Waals surface area contributed by atoms with Gasteiger partial charge in [-0.3, -0.25) is 4.55 Å². The summed E-state index contributed by atoms with van der Waals surface area (Å²) >= 11 is 0. The highest BCUT2D eigenvalue weighted by Crippen LogP contribution is 1.60. The fourth-order valence-electron chi connectivity index (χ4n) is 0. The second-order valence-electron chi connectivity index (χ2n) is 0.733. The van der Waals surface area contributed by atoms with Gasteiger partial charge in [0, 0.05) is 1.43 Å². The number of hydrogen-bond acceptors (Lipinski definition) is 2. The molecule has 0 saturated heterocycles. The Balaban J connectivity index is -0.0000000178. The van der Waals surface area contributed by atoms with Crippen LogP contribution in [0.1, 0.15) is 29.1 Å². The van der Waals surface area contributed by atoms with E-state index < -0.39 is 10.1 Å². The lowest BCUT2D eigenvalue weighted by molar-refractivity contribution is 0.490. The van der Waals surface area contributed by atoms with Gasteiger partial charge < -0.3 is 0 Å². The zero-order chi connectivity index (χ0) is 8.50. The van der Waals surface area contributed by atoms with Crippen LogP contribution in [0.5, 0.6) is 0 Å². The second-order valence-corrected chi connectivity index (χ2v) is 2.20. The molecule has 0 aliphatic rings. The first-order chi connectivity index (χ1) is 4.00. The Hall–Kier alpha value is 0.340. The first kappa shape index (κ1) is 22.4. The van der Waals surface area contributed by atoms with Crippen LogP contribution >= 0.6 is 9.90 Å². The molecule has 0 fully saturated rings. The van der Waals surface area contributed by atoms with Crippen molar-refractivity contribution in [3.05, 3.63) is 0 Å². The van der Waals surface area contributed by atoms with E-state index in [0.29, 0.717) is 6.26 Å². The summed E-state index contributed by atoms with van der Waals surface area (Å²) in [5.74, 6) is 0. The van der Waals surface area contributed by atoms with E-state index in [1.54, 1.807) is 0 Å². The molecule has 5 heteroatoms. The molecule has 70 valence electrons. The van der Waals surface area contributed by atoms with E-state index in [1.807, 2.05) is 27.7 Å². The maximum absolute atomic E-state index is 9.19. The molecule has 0 aromatic carbocycles. The van der Waals surface area contributed by atoms with Crippen LogP contribution in [0.3, 0.4) is 0 Å². The highest BCUT2D eigenvalue weighted by molar-refractivity contribution is 7.85. The molecule has 1 unspecified atom stereocenters. The summed E-state index contributed by atoms with van der Waals surface area (Å²) < 4.78 is 25.9. The zero-order valence-corrected chi connectivity index (χ0v) is 9.61. The predicted molar refractivity (Wildman–Crippen MR) is 53.4 cm³/mol. The summed E-state index contributed by atoms with van der Waals surface area (Å²) in [5.41, 5.74) is 0. The first-order valence-corrected chi connectivity index (χ1v) is 4.77. The van der Waals surface area contributed by atoms with Crippen LogP contribution in [0, 0.1) is 0 Å². The Morgan fingerprint density at radius 3 is 1.10 bits per heavy atom. The molecule has 0 spiro atoms. The fraction of sp³-hybridized carbons (Fsp3) is 1.00. The van der Waals surface area contributed by atoms with Crippen LogP contribution in [-0.2, 0) is 10.1 Å². The molecule has 1 atom stereocenters. The van der Waals surface area contributed by atoms with Gasteiger partial charge in [-0.1, -0.05) is 27.7 Å². The standard InChI is InChI=1S/2C2H6.CH4O3S.H3P.H2/c2*1-2;1-5(2,3)4;;/h2*1-2H3;1H3,(H,2,3,4);1H3;1H. The van der Waals surface area contributed by atoms with Gasteiger partial charge in [-0.25, -0.2) is 0 Å². The van der Waals surface area contributed by atoms with Crippen molar-refractivity contribution >= 4 is 20.0 Å². The normalized spacial score (nSPS) is 7.00. The molecule has 0 rings (SSSR count). The molecule has 10 heavy (non-hydrogen) atoms. The van der Waals surface area contributed by atoms with E-state index in [1.165, 1.54) is 0 Å². The molecular formula is C5H21O3PS. The van der Waals surface area contributed by atoms with Crippen molar-refractivity contribution in [3.8, 4) is 0 Å². The highest BCUT2D eigenvalue weighted by atomic mass is 32.2. The summed E-state index contributed by atoms with van der Waals surface area (Å²) in [6.07, 6.45) is 0.715. The molecule has 0 saturated carbocycles. The van der Waals surface area contributed by atoms with E-state index in [0.717, 1.165) is 0 Å². The predicted octanol–water partition coefficient (Wildman–Crippen LogP) is 1.86. The van der Waals surface area contributed by atoms with E-state index >= 15 is 0 Å². The zero-order valence-electron chi connectivity index (χ0n) is 7.38. The van der Waals surface area contributed by atoms with E-state index in [2.05, 4.69) is 0 Å². The Labute approximate surface area is 69.1 Å². The Morgan fingerprint density at radius 1 is 1.10 bits per heavy atom. The minimum absolute atomic E-state index is 0. The topological polar surface area (TPSA) is 54.4 Å². The average molecular weight is 192 g/mol. The van der Waals surface area contributed by atoms with Crippen LogP contribution in [-0.4, -0.2) is 19.2 Å². The summed E-state index contributed by atoms with van der Waals surface area (Å²) in [4.78, 5) is 0. The Kier molecular flexibility index (Phi) is 36.3. The van der Waals surface area contributed by atoms with Gasteiger partial charge in [0.25, 0.3) is 10.1 Å². The minimum Gasteiger partial charge on any atom is -0.286 e. The first-order valence-electron chi connectivity index (χ1n) is 2.92. The van der Waals surface area contributed by atoms with Gasteiger partial charge in [-0.05, 0) is 0 Å². The average Bonchev–Trinajstić information content (AvgIpc) is 1.72. The van der Waals surface area contributed by atoms with Crippen molar-refractivity contribution in [2.45, 2.75) is 27.7 Å². The summed E-state index contributed by atoms with van der Waals surface area (Å²) in [6, 6.07) is 0. The third-order valence-electron chi connectivity index (χ3n) is 0. The van der Waals surface area contributed by atoms with Crippen LogP contribution in [0.25, 0.3) is 0 Å². The Bertz CT molecular complexity index is 105. The largest absolute Gasteiger partial charge is 0.286 e. The van der Waals surface area contributed by atoms with Crippen molar-refractivity contribution in [1.82, 2.24) is 0 Å². The maximum Gasteiger partial charge on any atom is 0.261 e. The molecule has 0 aliphatic heterocycles. The second kappa shape index (κ2) is 16.2. The van der Waals surface area contributed by atoms with Crippen LogP contribution in [0.2, 0.25) is 0 Å². The van der Waals surface area contributed by atoms with E-state index in [4.69, 9.17) is 4.55 Å². The molecular weight excluding hydrogens is 171 g/mol. The van der Waals surface area contributed by atoms with E-state index in [-0.39, 0.29) is 11.3 Å².